The van der Waals surface area contributed by atoms with Crippen LogP contribution in [-0.2, 0) is 45.3 Å². The molecule has 0 aromatic carbocycles. The molecule has 10 heavy (non-hydrogen) atoms. The first-order valence-corrected chi connectivity index (χ1v) is 5.63. The summed E-state index contributed by atoms with van der Waals surface area (Å²) in [5, 5.41) is 0. The first-order chi connectivity index (χ1) is 3.71. The molecular weight excluding hydrogens is 240 g/mol. The van der Waals surface area contributed by atoms with E-state index in [1.807, 2.05) is 0 Å². The molecule has 0 atom stereocenters. The third-order valence-corrected chi connectivity index (χ3v) is 2.92. The van der Waals surface area contributed by atoms with E-state index >= 15 is 0 Å². The molecule has 10 heteroatoms. The number of hydrogen-bond donors (Lipinski definition) is 2. The molecule has 0 radical (unpaired) electrons. The van der Waals surface area contributed by atoms with Crippen molar-refractivity contribution in [3.05, 3.63) is 0 Å². The van der Waals surface area contributed by atoms with E-state index in [4.69, 9.17) is 8.32 Å². The molecule has 0 unspecified atom stereocenters. The fraction of sp³-hybridized carbons (Fsp3) is 0. The van der Waals surface area contributed by atoms with Crippen LogP contribution < -0.4 is 0 Å². The van der Waals surface area contributed by atoms with Crippen LogP contribution in [0.4, 0.5) is 0 Å². The van der Waals surface area contributed by atoms with E-state index in [1.54, 1.807) is 0 Å². The van der Waals surface area contributed by atoms with Gasteiger partial charge in [-0.1, -0.05) is 0 Å². The Kier molecular flexibility index (Phi) is 5.49. The molecule has 2 N–H and O–H groups in total. The van der Waals surface area contributed by atoms with Crippen molar-refractivity contribution in [1.82, 2.24) is 0 Å². The van der Waals surface area contributed by atoms with E-state index in [0.29, 0.717) is 0 Å². The van der Waals surface area contributed by atoms with Gasteiger partial charge in [-0.25, -0.2) is 0 Å². The third-order valence-electron chi connectivity index (χ3n) is 0.172. The van der Waals surface area contributed by atoms with Crippen LogP contribution in [0.25, 0.3) is 0 Å². The predicted molar refractivity (Wildman–Crippen MR) is 16.2 cm³/mol. The Labute approximate surface area is 79.3 Å². The molecule has 0 saturated heterocycles. The monoisotopic (exact) mass is 244 g/mol. The first kappa shape index (κ1) is 13.5. The molecule has 0 aliphatic rings. The Balaban J connectivity index is -0.000000107. The van der Waals surface area contributed by atoms with E-state index in [-0.39, 0.29) is 25.9 Å². The molecule has 0 rings (SSSR count). The summed E-state index contributed by atoms with van der Waals surface area (Å²) in [6.07, 6.45) is 0. The Morgan fingerprint density at radius 2 is 1.20 bits per heavy atom. The average Bonchev–Trinajstić information content (AvgIpc) is 1.14. The Morgan fingerprint density at radius 1 is 1.00 bits per heavy atom. The van der Waals surface area contributed by atoms with Crippen LogP contribution in [0, 0.1) is 0 Å². The maximum atomic E-state index is 9.53. The zero-order chi connectivity index (χ0) is 7.71. The Morgan fingerprint density at radius 3 is 1.20 bits per heavy atom. The minimum atomic E-state index is -5.76. The number of hydrogen-bond acceptors (Lipinski definition) is 5. The van der Waals surface area contributed by atoms with E-state index in [1.165, 1.54) is 0 Å². The van der Waals surface area contributed by atoms with E-state index in [0.717, 1.165) is 0 Å². The van der Waals surface area contributed by atoms with Crippen LogP contribution in [0.1, 0.15) is 2.85 Å². The molecule has 0 spiro atoms. The minimum absolute atomic E-state index is 0. The SMILES string of the molecule is [H-].[H-].[Mg+2].[O]=[Cr](=[O])([OH])[O][Cr](=[O])(=[O])[OH]. The van der Waals surface area contributed by atoms with Crippen LogP contribution in [0.5, 0.6) is 0 Å². The van der Waals surface area contributed by atoms with Crippen molar-refractivity contribution in [1.29, 1.82) is 0 Å². The summed E-state index contributed by atoms with van der Waals surface area (Å²) in [6, 6.07) is 0. The van der Waals surface area contributed by atoms with Gasteiger partial charge in [-0.3, -0.25) is 0 Å². The average molecular weight is 244 g/mol. The van der Waals surface area contributed by atoms with Crippen LogP contribution in [-0.4, -0.2) is 31.4 Å². The number of rotatable bonds is 2. The molecular formula is H4Cr2MgO7. The van der Waals surface area contributed by atoms with Gasteiger partial charge in [0, 0.05) is 0 Å². The summed E-state index contributed by atoms with van der Waals surface area (Å²) in [5.74, 6) is 0. The van der Waals surface area contributed by atoms with Crippen molar-refractivity contribution in [2.75, 3.05) is 0 Å². The molecule has 0 fully saturated rings. The summed E-state index contributed by atoms with van der Waals surface area (Å²) in [7, 11) is 0. The van der Waals surface area contributed by atoms with Gasteiger partial charge in [0.05, 0.1) is 0 Å². The van der Waals surface area contributed by atoms with Crippen LogP contribution in [0.15, 0.2) is 0 Å². The van der Waals surface area contributed by atoms with Crippen molar-refractivity contribution in [3.63, 3.8) is 0 Å². The second-order valence-corrected chi connectivity index (χ2v) is 4.68. The van der Waals surface area contributed by atoms with Crippen LogP contribution >= 0.6 is 0 Å². The van der Waals surface area contributed by atoms with Crippen molar-refractivity contribution >= 4 is 23.1 Å². The molecule has 0 aliphatic carbocycles. The van der Waals surface area contributed by atoms with Gasteiger partial charge in [0.25, 0.3) is 0 Å². The molecule has 0 bridgehead atoms. The quantitative estimate of drug-likeness (QED) is 0.549. The standard InChI is InChI=1S/2Cr.Mg.2H2O.5O.2H/h;;;2*1H2;;;;;;;/q2*+1;+2;;;;;;;;2*-1/p-2. The van der Waals surface area contributed by atoms with Crippen molar-refractivity contribution < 1.29 is 56.5 Å². The molecule has 60 valence electrons. The summed E-state index contributed by atoms with van der Waals surface area (Å²) in [5.41, 5.74) is 0. The maximum absolute atomic E-state index is 9.53. The normalized spacial score (nSPS) is 12.2. The molecule has 7 nitrogen and oxygen atoms in total. The van der Waals surface area contributed by atoms with E-state index < -0.39 is 27.2 Å². The fourth-order valence-corrected chi connectivity index (χ4v) is 1.85. The van der Waals surface area contributed by atoms with Crippen LogP contribution in [0.2, 0.25) is 0 Å². The van der Waals surface area contributed by atoms with Gasteiger partial charge in [0.1, 0.15) is 0 Å². The van der Waals surface area contributed by atoms with Crippen molar-refractivity contribution in [3.8, 4) is 0 Å². The van der Waals surface area contributed by atoms with Crippen molar-refractivity contribution in [2.24, 2.45) is 0 Å². The van der Waals surface area contributed by atoms with Gasteiger partial charge in [-0.15, -0.1) is 0 Å². The Bertz CT molecular complexity index is 245. The Hall–Kier alpha value is 0.911. The molecule has 0 aliphatic heterocycles. The van der Waals surface area contributed by atoms with Gasteiger partial charge in [-0.05, 0) is 0 Å². The molecule has 0 heterocycles. The van der Waals surface area contributed by atoms with Gasteiger partial charge in [0.2, 0.25) is 0 Å². The zero-order valence-electron chi connectivity index (χ0n) is 6.46. The van der Waals surface area contributed by atoms with E-state index in [9.17, 15) is 15.2 Å². The third kappa shape index (κ3) is 11.7. The molecule has 0 amide bonds. The predicted octanol–water partition coefficient (Wildman–Crippen LogP) is -1.82. The second kappa shape index (κ2) is 4.07. The molecule has 0 aromatic rings. The fourth-order valence-electron chi connectivity index (χ4n) is 0.109. The summed E-state index contributed by atoms with van der Waals surface area (Å²) in [6.45, 7) is 0. The topological polar surface area (TPSA) is 118 Å². The van der Waals surface area contributed by atoms with Gasteiger partial charge in [-0.2, -0.15) is 0 Å². The summed E-state index contributed by atoms with van der Waals surface area (Å²) in [4.78, 5) is 0. The van der Waals surface area contributed by atoms with Gasteiger partial charge >= 0.3 is 76.7 Å². The molecule has 0 aromatic heterocycles. The second-order valence-electron chi connectivity index (χ2n) is 0.924. The van der Waals surface area contributed by atoms with Crippen LogP contribution in [0.3, 0.4) is 0 Å². The summed E-state index contributed by atoms with van der Waals surface area (Å²) < 4.78 is 56.3. The van der Waals surface area contributed by atoms with E-state index in [2.05, 4.69) is 2.84 Å². The van der Waals surface area contributed by atoms with Gasteiger partial charge < -0.3 is 2.85 Å². The molecule has 0 saturated carbocycles. The first-order valence-electron chi connectivity index (χ1n) is 1.37. The summed E-state index contributed by atoms with van der Waals surface area (Å²) >= 11 is -11.5. The zero-order valence-corrected chi connectivity index (χ0v) is 8.42. The van der Waals surface area contributed by atoms with Gasteiger partial charge in [0.15, 0.2) is 0 Å². The van der Waals surface area contributed by atoms with Crippen molar-refractivity contribution in [2.45, 2.75) is 0 Å².